The quantitative estimate of drug-likeness (QED) is 0.0792. The zero-order valence-electron chi connectivity index (χ0n) is 40.6. The highest BCUT2D eigenvalue weighted by atomic mass is 35.5. The zero-order chi connectivity index (χ0) is 48.9. The van der Waals surface area contributed by atoms with Crippen molar-refractivity contribution in [2.45, 2.75) is 117 Å². The van der Waals surface area contributed by atoms with Gasteiger partial charge in [-0.25, -0.2) is 17.6 Å². The van der Waals surface area contributed by atoms with Crippen LogP contribution in [-0.4, -0.2) is 69.0 Å². The van der Waals surface area contributed by atoms with Gasteiger partial charge < -0.3 is 28.6 Å². The molecule has 3 aliphatic rings. The summed E-state index contributed by atoms with van der Waals surface area (Å²) in [5, 5.41) is -0.657. The zero-order valence-corrected chi connectivity index (χ0v) is 42.1. The maximum absolute atomic E-state index is 15.8. The lowest BCUT2D eigenvalue weighted by Crippen LogP contribution is -2.47. The Morgan fingerprint density at radius 3 is 2.10 bits per heavy atom. The van der Waals surface area contributed by atoms with Crippen LogP contribution >= 0.6 is 11.6 Å². The van der Waals surface area contributed by atoms with Crippen molar-refractivity contribution in [2.24, 2.45) is 23.7 Å². The van der Waals surface area contributed by atoms with Crippen molar-refractivity contribution < 1.29 is 46.1 Å². The van der Waals surface area contributed by atoms with Crippen molar-refractivity contribution >= 4 is 39.3 Å². The molecular weight excluding hydrogens is 907 g/mol. The van der Waals surface area contributed by atoms with Gasteiger partial charge in [-0.2, -0.15) is 4.31 Å². The molecule has 4 aromatic carbocycles. The lowest BCUT2D eigenvalue weighted by atomic mass is 9.64. The van der Waals surface area contributed by atoms with E-state index < -0.39 is 38.8 Å². The van der Waals surface area contributed by atoms with Crippen LogP contribution in [0.4, 0.5) is 10.1 Å². The van der Waals surface area contributed by atoms with E-state index in [-0.39, 0.29) is 47.8 Å². The number of fused-ring (bicyclic) bond motifs is 2. The first-order valence-electron chi connectivity index (χ1n) is 23.7. The molecular formula is C54H66ClFN2O9S. The van der Waals surface area contributed by atoms with E-state index in [0.29, 0.717) is 79.4 Å². The molecule has 68 heavy (non-hydrogen) atoms. The van der Waals surface area contributed by atoms with E-state index in [1.165, 1.54) is 6.92 Å². The molecule has 0 aromatic heterocycles. The number of nitrogens with zero attached hydrogens (tertiary/aromatic N) is 2. The van der Waals surface area contributed by atoms with Gasteiger partial charge in [0, 0.05) is 39.0 Å². The first-order valence-corrected chi connectivity index (χ1v) is 25.6. The molecule has 6 atom stereocenters. The molecule has 0 spiro atoms. The van der Waals surface area contributed by atoms with Gasteiger partial charge in [-0.3, -0.25) is 4.79 Å². The molecule has 7 rings (SSSR count). The second-order valence-corrected chi connectivity index (χ2v) is 22.3. The molecule has 2 aliphatic carbocycles. The Morgan fingerprint density at radius 2 is 1.54 bits per heavy atom. The van der Waals surface area contributed by atoms with Crippen molar-refractivity contribution in [3.63, 3.8) is 0 Å². The topological polar surface area (TPSA) is 121 Å². The summed E-state index contributed by atoms with van der Waals surface area (Å²) in [5.41, 5.74) is 4.37. The number of hydrogen-bond acceptors (Lipinski definition) is 10. The minimum Gasteiger partial charge on any atom is -0.497 e. The normalized spacial score (nSPS) is 19.8. The summed E-state index contributed by atoms with van der Waals surface area (Å²) in [6.45, 7) is 12.3. The van der Waals surface area contributed by atoms with Crippen LogP contribution in [0.15, 0.2) is 90.5 Å². The lowest BCUT2D eigenvalue weighted by molar-refractivity contribution is -0.150. The van der Waals surface area contributed by atoms with Crippen LogP contribution in [0.25, 0.3) is 0 Å². The number of sulfonamides is 1. The highest BCUT2D eigenvalue weighted by Crippen LogP contribution is 2.48. The molecule has 1 fully saturated rings. The number of anilines is 1. The van der Waals surface area contributed by atoms with Crippen molar-refractivity contribution in [1.82, 2.24) is 4.31 Å². The van der Waals surface area contributed by atoms with Crippen molar-refractivity contribution in [2.75, 3.05) is 32.3 Å². The summed E-state index contributed by atoms with van der Waals surface area (Å²) < 4.78 is 75.7. The third-order valence-corrected chi connectivity index (χ3v) is 16.5. The maximum atomic E-state index is 15.8. The third-order valence-electron chi connectivity index (χ3n) is 13.8. The summed E-state index contributed by atoms with van der Waals surface area (Å²) in [4.78, 5) is 28.4. The fourth-order valence-corrected chi connectivity index (χ4v) is 11.6. The Balaban J connectivity index is 1.14. The van der Waals surface area contributed by atoms with Gasteiger partial charge in [0.1, 0.15) is 34.8 Å². The van der Waals surface area contributed by atoms with Gasteiger partial charge in [-0.1, -0.05) is 54.9 Å². The Hall–Kier alpha value is -5.11. The highest BCUT2D eigenvalue weighted by Gasteiger charge is 2.46. The Morgan fingerprint density at radius 1 is 0.912 bits per heavy atom. The first-order chi connectivity index (χ1) is 32.3. The average Bonchev–Trinajstić information content (AvgIpc) is 3.30. The van der Waals surface area contributed by atoms with E-state index in [1.807, 2.05) is 88.4 Å². The van der Waals surface area contributed by atoms with Crippen molar-refractivity contribution in [1.29, 1.82) is 0 Å². The average molecular weight is 974 g/mol. The van der Waals surface area contributed by atoms with Crippen LogP contribution in [0.3, 0.4) is 0 Å². The van der Waals surface area contributed by atoms with E-state index in [4.69, 9.17) is 35.3 Å². The van der Waals surface area contributed by atoms with Gasteiger partial charge in [0.25, 0.3) is 0 Å². The Bertz CT molecular complexity index is 2510. The molecule has 0 N–H and O–H groups in total. The molecule has 1 aliphatic heterocycles. The molecule has 0 amide bonds. The SMILES string of the molecule is COc1ccc(CN(Cc2ccc(OC)cc2)S(=O)(=O)[C@H](C)[C@@H](C)[C@H]2C=C([C@H](OC(C)=O)[C@@H]3CC[C@H]3CN3Cc4ccc(Cl)c(F)c4CCCCOc4ccc(C(=O)OC(C)(C)C)cc43)C2)cc1. The standard InChI is InChI=1S/C54H66ClFN2O9S/c1-34(35(2)68(61,62)58(30-37-12-19-44(63-7)20-13-37)31-38-14-21-45(64-8)22-15-38)42-27-43(28-42)52(66-36(3)59)47-23-16-41(47)33-57-32-40-17-24-48(55)51(56)46(40)11-9-10-26-65-50-25-18-39(29-49(50)57)53(60)67-54(4,5)6/h12-15,17-22,24-25,27,29,34-35,41-42,47,52H,9-11,16,23,26,28,30-33H2,1-8H3/t34-,35-,41+,42+,47-,52+/m1/s1. The smallest absolute Gasteiger partial charge is 0.338 e. The molecule has 0 saturated heterocycles. The second kappa shape index (κ2) is 21.7. The number of carbonyl (C=O) groups excluding carboxylic acids is 2. The van der Waals surface area contributed by atoms with Crippen LogP contribution in [0.2, 0.25) is 5.02 Å². The highest BCUT2D eigenvalue weighted by molar-refractivity contribution is 7.89. The van der Waals surface area contributed by atoms with Crippen LogP contribution < -0.4 is 19.1 Å². The predicted octanol–water partition coefficient (Wildman–Crippen LogP) is 11.1. The molecule has 1 heterocycles. The minimum atomic E-state index is -3.84. The molecule has 1 saturated carbocycles. The number of rotatable bonds is 16. The number of esters is 2. The number of allylic oxidation sites excluding steroid dienone is 1. The van der Waals surface area contributed by atoms with E-state index in [1.54, 1.807) is 43.6 Å². The molecule has 14 heteroatoms. The van der Waals surface area contributed by atoms with Gasteiger partial charge in [-0.05, 0) is 160 Å². The summed E-state index contributed by atoms with van der Waals surface area (Å²) in [6.07, 6.45) is 5.76. The van der Waals surface area contributed by atoms with Crippen LogP contribution in [0, 0.1) is 29.5 Å². The molecule has 366 valence electrons. The molecule has 11 nitrogen and oxygen atoms in total. The number of carbonyl (C=O) groups is 2. The summed E-state index contributed by atoms with van der Waals surface area (Å²) in [6, 6.07) is 23.7. The van der Waals surface area contributed by atoms with E-state index in [9.17, 15) is 18.0 Å². The summed E-state index contributed by atoms with van der Waals surface area (Å²) in [7, 11) is -0.649. The fraction of sp³-hybridized carbons (Fsp3) is 0.481. The third kappa shape index (κ3) is 12.0. The van der Waals surface area contributed by atoms with Crippen LogP contribution in [0.5, 0.6) is 17.2 Å². The number of halogens is 2. The summed E-state index contributed by atoms with van der Waals surface area (Å²) >= 11 is 6.34. The van der Waals surface area contributed by atoms with E-state index in [0.717, 1.165) is 35.1 Å². The molecule has 4 aromatic rings. The van der Waals surface area contributed by atoms with Gasteiger partial charge in [0.2, 0.25) is 10.0 Å². The molecule has 0 bridgehead atoms. The number of methoxy groups -OCH3 is 2. The van der Waals surface area contributed by atoms with Gasteiger partial charge in [0.05, 0.1) is 42.3 Å². The molecule has 0 radical (unpaired) electrons. The van der Waals surface area contributed by atoms with Crippen molar-refractivity contribution in [3.8, 4) is 17.2 Å². The first kappa shape index (κ1) is 50.8. The minimum absolute atomic E-state index is 0.0370. The summed E-state index contributed by atoms with van der Waals surface area (Å²) in [5.74, 6) is 0.403. The van der Waals surface area contributed by atoms with E-state index >= 15 is 4.39 Å². The number of benzene rings is 4. The Labute approximate surface area is 406 Å². The van der Waals surface area contributed by atoms with Gasteiger partial charge >= 0.3 is 11.9 Å². The maximum Gasteiger partial charge on any atom is 0.338 e. The van der Waals surface area contributed by atoms with Gasteiger partial charge in [-0.15, -0.1) is 0 Å². The van der Waals surface area contributed by atoms with Crippen LogP contribution in [0.1, 0.15) is 106 Å². The second-order valence-electron chi connectivity index (χ2n) is 19.6. The molecule has 0 unspecified atom stereocenters. The number of hydrogen-bond donors (Lipinski definition) is 0. The van der Waals surface area contributed by atoms with E-state index in [2.05, 4.69) is 11.0 Å². The largest absolute Gasteiger partial charge is 0.497 e. The van der Waals surface area contributed by atoms with Crippen LogP contribution in [-0.2, 0) is 50.3 Å². The van der Waals surface area contributed by atoms with Crippen molar-refractivity contribution in [3.05, 3.63) is 129 Å². The Kier molecular flexibility index (Phi) is 16.2. The lowest BCUT2D eigenvalue weighted by Gasteiger charge is -2.47. The fourth-order valence-electron chi connectivity index (χ4n) is 9.58. The van der Waals surface area contributed by atoms with Gasteiger partial charge in [0.15, 0.2) is 0 Å². The predicted molar refractivity (Wildman–Crippen MR) is 263 cm³/mol. The monoisotopic (exact) mass is 972 g/mol. The number of ether oxygens (including phenoxy) is 5.